The van der Waals surface area contributed by atoms with Crippen LogP contribution in [-0.2, 0) is 6.18 Å². The fraction of sp³-hybridized carbons (Fsp3) is 0.100. The van der Waals surface area contributed by atoms with Gasteiger partial charge in [-0.05, 0) is 49.4 Å². The van der Waals surface area contributed by atoms with Crippen LogP contribution < -0.4 is 11.1 Å². The zero-order valence-electron chi connectivity index (χ0n) is 15.5. The second-order valence-electron chi connectivity index (χ2n) is 6.24. The van der Waals surface area contributed by atoms with E-state index in [1.54, 1.807) is 42.5 Å². The van der Waals surface area contributed by atoms with Crippen molar-refractivity contribution in [3.05, 3.63) is 87.1 Å². The lowest BCUT2D eigenvalue weighted by molar-refractivity contribution is -0.141. The number of alkyl halides is 3. The molecule has 10 heteroatoms. The molecular formula is C20H15BrClF3N4O. The van der Waals surface area contributed by atoms with Crippen LogP contribution in [0.4, 0.5) is 18.9 Å². The Labute approximate surface area is 183 Å². The van der Waals surface area contributed by atoms with E-state index in [1.807, 2.05) is 0 Å². The first-order chi connectivity index (χ1) is 14.1. The molecule has 1 heterocycles. The van der Waals surface area contributed by atoms with Crippen molar-refractivity contribution in [1.29, 1.82) is 0 Å². The van der Waals surface area contributed by atoms with Gasteiger partial charge in [-0.25, -0.2) is 4.98 Å². The number of nitrogens with two attached hydrogens (primary N) is 1. The highest BCUT2D eigenvalue weighted by Crippen LogP contribution is 2.32. The molecule has 0 aliphatic rings. The van der Waals surface area contributed by atoms with Gasteiger partial charge in [0, 0.05) is 27.5 Å². The fourth-order valence-electron chi connectivity index (χ4n) is 2.75. The number of hydrogen-bond donors (Lipinski definition) is 2. The Balaban J connectivity index is 2.01. The summed E-state index contributed by atoms with van der Waals surface area (Å²) in [6.45, 7) is 1.46. The molecule has 3 rings (SSSR count). The Hall–Kier alpha value is -2.78. The number of rotatable bonds is 5. The van der Waals surface area contributed by atoms with Gasteiger partial charge < -0.3 is 15.6 Å². The summed E-state index contributed by atoms with van der Waals surface area (Å²) < 4.78 is 41.1. The minimum Gasteiger partial charge on any atom is -0.403 e. The van der Waals surface area contributed by atoms with Crippen LogP contribution in [0.15, 0.2) is 65.0 Å². The van der Waals surface area contributed by atoms with Gasteiger partial charge in [0.25, 0.3) is 0 Å². The number of hydrogen-bond acceptors (Lipinski definition) is 4. The summed E-state index contributed by atoms with van der Waals surface area (Å²) in [5, 5.41) is 3.39. The van der Waals surface area contributed by atoms with Crippen LogP contribution in [0.5, 0.6) is 0 Å². The first-order valence-corrected chi connectivity index (χ1v) is 9.69. The topological polar surface area (TPSA) is 72.9 Å². The number of Topliss-reactive ketones (excluding diaryl/α,β-unsaturated/α-hetero) is 1. The third-order valence-electron chi connectivity index (χ3n) is 4.18. The Bertz CT molecular complexity index is 1120. The number of nitrogens with one attached hydrogen (secondary N) is 1. The molecule has 0 bridgehead atoms. The van der Waals surface area contributed by atoms with Crippen molar-refractivity contribution in [2.75, 3.05) is 5.32 Å². The van der Waals surface area contributed by atoms with Crippen LogP contribution in [-0.4, -0.2) is 15.3 Å². The minimum absolute atomic E-state index is 0.0467. The fourth-order valence-corrected chi connectivity index (χ4v) is 3.23. The predicted octanol–water partition coefficient (Wildman–Crippen LogP) is 5.71. The maximum Gasteiger partial charge on any atom is 0.434 e. The van der Waals surface area contributed by atoms with Crippen LogP contribution in [0.2, 0.25) is 5.02 Å². The average Bonchev–Trinajstić information content (AvgIpc) is 3.08. The summed E-state index contributed by atoms with van der Waals surface area (Å²) >= 11 is 9.19. The number of nitrogens with zero attached hydrogens (tertiary/aromatic N) is 2. The van der Waals surface area contributed by atoms with E-state index >= 15 is 0 Å². The SMILES string of the molecule is Cc1nc(C(F)(F)F)cn1-c1ccc(Br)cc1N/C(=C\N)C(=O)c1ccc(Cl)cc1. The third kappa shape index (κ3) is 4.68. The second-order valence-corrected chi connectivity index (χ2v) is 7.60. The summed E-state index contributed by atoms with van der Waals surface area (Å²) in [4.78, 5) is 16.4. The molecule has 0 atom stereocenters. The van der Waals surface area contributed by atoms with Gasteiger partial charge in [0.2, 0.25) is 5.78 Å². The molecule has 3 aromatic rings. The van der Waals surface area contributed by atoms with Crippen LogP contribution in [0.25, 0.3) is 5.69 Å². The smallest absolute Gasteiger partial charge is 0.403 e. The van der Waals surface area contributed by atoms with Crippen molar-refractivity contribution in [2.24, 2.45) is 5.73 Å². The number of anilines is 1. The van der Waals surface area contributed by atoms with Gasteiger partial charge in [0.05, 0.1) is 11.4 Å². The minimum atomic E-state index is -4.58. The highest BCUT2D eigenvalue weighted by molar-refractivity contribution is 9.10. The summed E-state index contributed by atoms with van der Waals surface area (Å²) in [6.07, 6.45) is -2.58. The van der Waals surface area contributed by atoms with E-state index in [9.17, 15) is 18.0 Å². The van der Waals surface area contributed by atoms with Crippen molar-refractivity contribution < 1.29 is 18.0 Å². The summed E-state index contributed by atoms with van der Waals surface area (Å²) in [7, 11) is 0. The van der Waals surface area contributed by atoms with Crippen LogP contribution in [0.3, 0.4) is 0 Å². The lowest BCUT2D eigenvalue weighted by atomic mass is 10.1. The monoisotopic (exact) mass is 498 g/mol. The molecule has 0 unspecified atom stereocenters. The number of allylic oxidation sites excluding steroid dienone is 1. The van der Waals surface area contributed by atoms with Gasteiger partial charge in [-0.3, -0.25) is 4.79 Å². The molecule has 0 fully saturated rings. The zero-order valence-corrected chi connectivity index (χ0v) is 17.8. The Morgan fingerprint density at radius 1 is 1.23 bits per heavy atom. The zero-order chi connectivity index (χ0) is 22.1. The molecule has 0 radical (unpaired) electrons. The van der Waals surface area contributed by atoms with E-state index in [0.717, 1.165) is 12.4 Å². The summed E-state index contributed by atoms with van der Waals surface area (Å²) in [5.74, 6) is -0.270. The van der Waals surface area contributed by atoms with Crippen LogP contribution >= 0.6 is 27.5 Å². The maximum atomic E-state index is 13.1. The molecular weight excluding hydrogens is 485 g/mol. The molecule has 3 N–H and O–H groups in total. The number of benzene rings is 2. The first-order valence-electron chi connectivity index (χ1n) is 8.52. The molecule has 0 saturated carbocycles. The lowest BCUT2D eigenvalue weighted by Crippen LogP contribution is -2.15. The molecule has 2 aromatic carbocycles. The highest BCUT2D eigenvalue weighted by Gasteiger charge is 2.34. The van der Waals surface area contributed by atoms with Crippen molar-refractivity contribution in [3.8, 4) is 5.69 Å². The molecule has 1 aromatic heterocycles. The lowest BCUT2D eigenvalue weighted by Gasteiger charge is -2.16. The molecule has 0 aliphatic heterocycles. The second kappa shape index (κ2) is 8.53. The molecule has 5 nitrogen and oxygen atoms in total. The first kappa shape index (κ1) is 21.9. The summed E-state index contributed by atoms with van der Waals surface area (Å²) in [5.41, 5.74) is 5.76. The van der Waals surface area contributed by atoms with Gasteiger partial charge in [-0.2, -0.15) is 13.2 Å². The van der Waals surface area contributed by atoms with E-state index in [2.05, 4.69) is 26.2 Å². The number of carbonyl (C=O) groups is 1. The van der Waals surface area contributed by atoms with E-state index in [0.29, 0.717) is 26.4 Å². The van der Waals surface area contributed by atoms with E-state index in [4.69, 9.17) is 17.3 Å². The predicted molar refractivity (Wildman–Crippen MR) is 113 cm³/mol. The third-order valence-corrected chi connectivity index (χ3v) is 4.92. The molecule has 0 saturated heterocycles. The van der Waals surface area contributed by atoms with Gasteiger partial charge in [-0.15, -0.1) is 0 Å². The number of imidazole rings is 1. The van der Waals surface area contributed by atoms with Gasteiger partial charge in [-0.1, -0.05) is 27.5 Å². The van der Waals surface area contributed by atoms with E-state index in [-0.39, 0.29) is 11.5 Å². The quantitative estimate of drug-likeness (QED) is 0.348. The van der Waals surface area contributed by atoms with Gasteiger partial charge in [0.15, 0.2) is 5.69 Å². The Morgan fingerprint density at radius 2 is 1.90 bits per heavy atom. The molecule has 0 amide bonds. The normalized spacial score (nSPS) is 12.1. The molecule has 30 heavy (non-hydrogen) atoms. The van der Waals surface area contributed by atoms with E-state index in [1.165, 1.54) is 11.5 Å². The molecule has 0 spiro atoms. The average molecular weight is 500 g/mol. The van der Waals surface area contributed by atoms with Crippen LogP contribution in [0.1, 0.15) is 21.9 Å². The highest BCUT2D eigenvalue weighted by atomic mass is 79.9. The number of ketones is 1. The molecule has 0 aliphatic carbocycles. The number of halogens is 5. The van der Waals surface area contributed by atoms with Gasteiger partial charge >= 0.3 is 6.18 Å². The standard InChI is InChI=1S/C20H15BrClF3N4O/c1-11-27-18(20(23,24)25)10-29(11)17-7-4-13(21)8-15(17)28-16(9-26)19(30)12-2-5-14(22)6-3-12/h2-10,28H,26H2,1H3/b16-9-. The van der Waals surface area contributed by atoms with Gasteiger partial charge in [0.1, 0.15) is 11.5 Å². The number of aryl methyl sites for hydroxylation is 1. The Kier molecular flexibility index (Phi) is 6.23. The van der Waals surface area contributed by atoms with Crippen molar-refractivity contribution >= 4 is 39.0 Å². The van der Waals surface area contributed by atoms with Crippen molar-refractivity contribution in [1.82, 2.24) is 9.55 Å². The summed E-state index contributed by atoms with van der Waals surface area (Å²) in [6, 6.07) is 11.1. The van der Waals surface area contributed by atoms with Crippen molar-refractivity contribution in [3.63, 3.8) is 0 Å². The molecule has 156 valence electrons. The van der Waals surface area contributed by atoms with Crippen molar-refractivity contribution in [2.45, 2.75) is 13.1 Å². The number of carbonyl (C=O) groups excluding carboxylic acids is 1. The number of aromatic nitrogens is 2. The van der Waals surface area contributed by atoms with Crippen LogP contribution in [0, 0.1) is 6.92 Å². The van der Waals surface area contributed by atoms with E-state index < -0.39 is 17.7 Å². The Morgan fingerprint density at radius 3 is 2.47 bits per heavy atom. The largest absolute Gasteiger partial charge is 0.434 e. The maximum absolute atomic E-state index is 13.1.